The minimum atomic E-state index is -0.551. The summed E-state index contributed by atoms with van der Waals surface area (Å²) >= 11 is 23.4. The predicted octanol–water partition coefficient (Wildman–Crippen LogP) is 5.89. The Hall–Kier alpha value is -2.64. The first kappa shape index (κ1) is 22.6. The number of carbonyl (C=O) groups excluding carboxylic acids is 2. The molecule has 0 saturated carbocycles. The molecule has 4 rings (SSSR count). The van der Waals surface area contributed by atoms with E-state index in [2.05, 4.69) is 5.32 Å². The molecule has 1 saturated heterocycles. The van der Waals surface area contributed by atoms with Crippen LogP contribution in [0.5, 0.6) is 0 Å². The SMILES string of the molecule is Cc1cc(/C=C2/C(=O)NC(=S)N(c3ccc(Cl)cc3)C2=O)c(C)n1-c1ccc(Cl)c(Cl)c1. The van der Waals surface area contributed by atoms with E-state index >= 15 is 0 Å². The van der Waals surface area contributed by atoms with E-state index < -0.39 is 11.8 Å². The van der Waals surface area contributed by atoms with Crippen LogP contribution in [0.3, 0.4) is 0 Å². The molecule has 0 atom stereocenters. The summed E-state index contributed by atoms with van der Waals surface area (Å²) in [6.45, 7) is 3.82. The zero-order chi connectivity index (χ0) is 23.2. The first-order chi connectivity index (χ1) is 15.2. The number of halogens is 3. The quantitative estimate of drug-likeness (QED) is 0.275. The molecule has 2 amide bonds. The molecule has 9 heteroatoms. The fraction of sp³-hybridized carbons (Fsp3) is 0.0870. The Morgan fingerprint density at radius 1 is 0.906 bits per heavy atom. The van der Waals surface area contributed by atoms with Crippen LogP contribution in [0.1, 0.15) is 17.0 Å². The van der Waals surface area contributed by atoms with Crippen LogP contribution in [-0.4, -0.2) is 21.5 Å². The number of hydrogen-bond donors (Lipinski definition) is 1. The average Bonchev–Trinajstić information content (AvgIpc) is 3.01. The van der Waals surface area contributed by atoms with Gasteiger partial charge in [-0.05, 0) is 86.2 Å². The Labute approximate surface area is 205 Å². The molecule has 0 unspecified atom stereocenters. The number of benzene rings is 2. The van der Waals surface area contributed by atoms with Crippen LogP contribution in [0.25, 0.3) is 11.8 Å². The predicted molar refractivity (Wildman–Crippen MR) is 133 cm³/mol. The molecule has 2 aromatic carbocycles. The third-order valence-electron chi connectivity index (χ3n) is 5.12. The lowest BCUT2D eigenvalue weighted by molar-refractivity contribution is -0.122. The standard InChI is InChI=1S/C23H16Cl3N3O2S/c1-12-9-14(13(2)28(12)17-7-8-19(25)20(26)11-17)10-18-21(30)27-23(32)29(22(18)31)16-5-3-15(24)4-6-16/h3-11H,1-2H3,(H,27,30,32)/b18-10-. The van der Waals surface area contributed by atoms with E-state index in [1.165, 1.54) is 4.90 Å². The van der Waals surface area contributed by atoms with Crippen molar-refractivity contribution < 1.29 is 9.59 Å². The number of hydrogen-bond acceptors (Lipinski definition) is 3. The van der Waals surface area contributed by atoms with Gasteiger partial charge in [-0.3, -0.25) is 19.8 Å². The molecule has 162 valence electrons. The molecule has 5 nitrogen and oxygen atoms in total. The summed E-state index contributed by atoms with van der Waals surface area (Å²) in [6, 6.07) is 13.9. The van der Waals surface area contributed by atoms with E-state index in [9.17, 15) is 9.59 Å². The Bertz CT molecular complexity index is 1310. The van der Waals surface area contributed by atoms with Gasteiger partial charge in [0.15, 0.2) is 5.11 Å². The minimum Gasteiger partial charge on any atom is -0.318 e. The van der Waals surface area contributed by atoms with Gasteiger partial charge in [0.1, 0.15) is 5.57 Å². The molecule has 1 N–H and O–H groups in total. The second kappa shape index (κ2) is 8.71. The van der Waals surface area contributed by atoms with Crippen molar-refractivity contribution in [1.82, 2.24) is 9.88 Å². The molecule has 0 radical (unpaired) electrons. The molecule has 1 aliphatic rings. The smallest absolute Gasteiger partial charge is 0.270 e. The Morgan fingerprint density at radius 2 is 1.56 bits per heavy atom. The van der Waals surface area contributed by atoms with Crippen molar-refractivity contribution in [2.45, 2.75) is 13.8 Å². The maximum Gasteiger partial charge on any atom is 0.270 e. The zero-order valence-corrected chi connectivity index (χ0v) is 20.0. The van der Waals surface area contributed by atoms with Gasteiger partial charge in [-0.15, -0.1) is 0 Å². The van der Waals surface area contributed by atoms with Crippen LogP contribution in [0.15, 0.2) is 54.1 Å². The largest absolute Gasteiger partial charge is 0.318 e. The number of nitrogens with one attached hydrogen (secondary N) is 1. The lowest BCUT2D eigenvalue weighted by Gasteiger charge is -2.28. The monoisotopic (exact) mass is 503 g/mol. The molecule has 2 heterocycles. The number of anilines is 1. The maximum absolute atomic E-state index is 13.2. The molecule has 0 spiro atoms. The summed E-state index contributed by atoms with van der Waals surface area (Å²) in [5, 5.41) is 4.02. The highest BCUT2D eigenvalue weighted by Gasteiger charge is 2.34. The van der Waals surface area contributed by atoms with Gasteiger partial charge in [0.25, 0.3) is 11.8 Å². The van der Waals surface area contributed by atoms with Gasteiger partial charge in [-0.2, -0.15) is 0 Å². The average molecular weight is 505 g/mol. The fourth-order valence-electron chi connectivity index (χ4n) is 3.59. The van der Waals surface area contributed by atoms with Crippen molar-refractivity contribution in [1.29, 1.82) is 0 Å². The van der Waals surface area contributed by atoms with Crippen molar-refractivity contribution in [3.05, 3.63) is 86.1 Å². The van der Waals surface area contributed by atoms with E-state index in [0.29, 0.717) is 20.8 Å². The van der Waals surface area contributed by atoms with Gasteiger partial charge in [0.2, 0.25) is 0 Å². The van der Waals surface area contributed by atoms with E-state index in [1.807, 2.05) is 30.5 Å². The molecular weight excluding hydrogens is 489 g/mol. The highest BCUT2D eigenvalue weighted by molar-refractivity contribution is 7.80. The normalized spacial score (nSPS) is 15.5. The molecule has 0 bridgehead atoms. The second-order valence-corrected chi connectivity index (χ2v) is 8.83. The van der Waals surface area contributed by atoms with Crippen LogP contribution in [-0.2, 0) is 9.59 Å². The van der Waals surface area contributed by atoms with Crippen LogP contribution < -0.4 is 10.2 Å². The number of nitrogens with zero attached hydrogens (tertiary/aromatic N) is 2. The van der Waals surface area contributed by atoms with Gasteiger partial charge in [-0.1, -0.05) is 34.8 Å². The summed E-state index contributed by atoms with van der Waals surface area (Å²) in [6.07, 6.45) is 1.57. The molecule has 1 aliphatic heterocycles. The zero-order valence-electron chi connectivity index (χ0n) is 16.9. The van der Waals surface area contributed by atoms with Crippen LogP contribution in [0.2, 0.25) is 15.1 Å². The first-order valence-electron chi connectivity index (χ1n) is 9.49. The topological polar surface area (TPSA) is 54.3 Å². The van der Waals surface area contributed by atoms with E-state index in [0.717, 1.165) is 22.6 Å². The Kier molecular flexibility index (Phi) is 6.14. The number of aromatic nitrogens is 1. The summed E-state index contributed by atoms with van der Waals surface area (Å²) in [5.74, 6) is -1.06. The first-order valence-corrected chi connectivity index (χ1v) is 11.0. The van der Waals surface area contributed by atoms with Gasteiger partial charge in [0, 0.05) is 22.1 Å². The van der Waals surface area contributed by atoms with Crippen molar-refractivity contribution in [2.24, 2.45) is 0 Å². The lowest BCUT2D eigenvalue weighted by Crippen LogP contribution is -2.54. The summed E-state index contributed by atoms with van der Waals surface area (Å²) in [7, 11) is 0. The highest BCUT2D eigenvalue weighted by Crippen LogP contribution is 2.29. The Balaban J connectivity index is 1.76. The molecule has 3 aromatic rings. The van der Waals surface area contributed by atoms with Crippen LogP contribution in [0, 0.1) is 13.8 Å². The maximum atomic E-state index is 13.2. The van der Waals surface area contributed by atoms with Gasteiger partial charge >= 0.3 is 0 Å². The summed E-state index contributed by atoms with van der Waals surface area (Å²) in [5.41, 5.74) is 3.76. The minimum absolute atomic E-state index is 0.0146. The Morgan fingerprint density at radius 3 is 2.22 bits per heavy atom. The van der Waals surface area contributed by atoms with Gasteiger partial charge in [0.05, 0.1) is 15.7 Å². The third-order valence-corrected chi connectivity index (χ3v) is 6.39. The number of rotatable bonds is 3. The van der Waals surface area contributed by atoms with Crippen molar-refractivity contribution >= 4 is 75.7 Å². The summed E-state index contributed by atoms with van der Waals surface area (Å²) < 4.78 is 1.97. The number of thiocarbonyl (C=S) groups is 1. The summed E-state index contributed by atoms with van der Waals surface area (Å²) in [4.78, 5) is 27.1. The van der Waals surface area contributed by atoms with Crippen molar-refractivity contribution in [2.75, 3.05) is 4.90 Å². The van der Waals surface area contributed by atoms with Crippen molar-refractivity contribution in [3.63, 3.8) is 0 Å². The van der Waals surface area contributed by atoms with E-state index in [4.69, 9.17) is 47.0 Å². The van der Waals surface area contributed by atoms with Crippen molar-refractivity contribution in [3.8, 4) is 5.69 Å². The van der Waals surface area contributed by atoms with E-state index in [1.54, 1.807) is 42.5 Å². The van der Waals surface area contributed by atoms with Crippen LogP contribution >= 0.6 is 47.0 Å². The molecular formula is C23H16Cl3N3O2S. The third kappa shape index (κ3) is 4.07. The van der Waals surface area contributed by atoms with Gasteiger partial charge in [-0.25, -0.2) is 0 Å². The fourth-order valence-corrected chi connectivity index (χ4v) is 4.29. The number of carbonyl (C=O) groups is 2. The molecule has 0 aliphatic carbocycles. The second-order valence-electron chi connectivity index (χ2n) is 7.19. The molecule has 32 heavy (non-hydrogen) atoms. The van der Waals surface area contributed by atoms with Gasteiger partial charge < -0.3 is 4.57 Å². The highest BCUT2D eigenvalue weighted by atomic mass is 35.5. The molecule has 1 fully saturated rings. The van der Waals surface area contributed by atoms with Crippen LogP contribution in [0.4, 0.5) is 5.69 Å². The number of aryl methyl sites for hydroxylation is 1. The van der Waals surface area contributed by atoms with E-state index in [-0.39, 0.29) is 10.7 Å². The lowest BCUT2D eigenvalue weighted by atomic mass is 10.1. The molecule has 1 aromatic heterocycles. The number of amides is 2.